The summed E-state index contributed by atoms with van der Waals surface area (Å²) >= 11 is 0. The third-order valence-corrected chi connectivity index (χ3v) is 5.73. The van der Waals surface area contributed by atoms with E-state index < -0.39 is 6.04 Å². The van der Waals surface area contributed by atoms with Crippen molar-refractivity contribution >= 4 is 12.1 Å². The van der Waals surface area contributed by atoms with Crippen LogP contribution < -0.4 is 0 Å². The standard InChI is InChI=1S/C24H45NO4/c1-3-5-7-8-9-10-11-12-13-14-15-16-21-28-23(26)22-18-17-19-25(22)24(27)29-20-6-4-2/h22H,3-21H2,1-2H3/t22-/m0/s1. The van der Waals surface area contributed by atoms with E-state index in [4.69, 9.17) is 9.47 Å². The Morgan fingerprint density at radius 3 is 1.83 bits per heavy atom. The van der Waals surface area contributed by atoms with E-state index in [0.29, 0.717) is 26.2 Å². The predicted octanol–water partition coefficient (Wildman–Crippen LogP) is 6.63. The van der Waals surface area contributed by atoms with E-state index in [2.05, 4.69) is 13.8 Å². The van der Waals surface area contributed by atoms with Gasteiger partial charge in [0.15, 0.2) is 0 Å². The highest BCUT2D eigenvalue weighted by Gasteiger charge is 2.36. The lowest BCUT2D eigenvalue weighted by molar-refractivity contribution is -0.148. The van der Waals surface area contributed by atoms with Crippen LogP contribution in [-0.2, 0) is 14.3 Å². The number of nitrogens with zero attached hydrogens (tertiary/aromatic N) is 1. The van der Waals surface area contributed by atoms with Crippen molar-refractivity contribution in [3.63, 3.8) is 0 Å². The highest BCUT2D eigenvalue weighted by atomic mass is 16.6. The van der Waals surface area contributed by atoms with Gasteiger partial charge in [0.1, 0.15) is 6.04 Å². The first kappa shape index (κ1) is 25.8. The summed E-state index contributed by atoms with van der Waals surface area (Å²) in [5, 5.41) is 0. The van der Waals surface area contributed by atoms with Crippen molar-refractivity contribution in [1.29, 1.82) is 0 Å². The molecule has 0 aromatic heterocycles. The van der Waals surface area contributed by atoms with Crippen LogP contribution in [0.5, 0.6) is 0 Å². The molecule has 0 bridgehead atoms. The molecule has 1 aliphatic heterocycles. The van der Waals surface area contributed by atoms with Crippen molar-refractivity contribution in [2.24, 2.45) is 0 Å². The average molecular weight is 412 g/mol. The van der Waals surface area contributed by atoms with Gasteiger partial charge in [-0.1, -0.05) is 90.9 Å². The Labute approximate surface area is 178 Å². The molecule has 0 aromatic rings. The largest absolute Gasteiger partial charge is 0.464 e. The zero-order valence-corrected chi connectivity index (χ0v) is 19.1. The number of ether oxygens (including phenoxy) is 2. The van der Waals surface area contributed by atoms with Gasteiger partial charge in [0.2, 0.25) is 0 Å². The molecule has 0 radical (unpaired) electrons. The lowest BCUT2D eigenvalue weighted by Crippen LogP contribution is -2.41. The average Bonchev–Trinajstić information content (AvgIpc) is 3.21. The van der Waals surface area contributed by atoms with Crippen LogP contribution in [0.15, 0.2) is 0 Å². The summed E-state index contributed by atoms with van der Waals surface area (Å²) in [6.45, 7) is 5.79. The molecule has 0 aromatic carbocycles. The highest BCUT2D eigenvalue weighted by molar-refractivity contribution is 5.82. The predicted molar refractivity (Wildman–Crippen MR) is 118 cm³/mol. The van der Waals surface area contributed by atoms with Crippen LogP contribution in [0, 0.1) is 0 Å². The van der Waals surface area contributed by atoms with Gasteiger partial charge in [-0.05, 0) is 25.7 Å². The number of esters is 1. The van der Waals surface area contributed by atoms with Gasteiger partial charge < -0.3 is 9.47 Å². The summed E-state index contributed by atoms with van der Waals surface area (Å²) in [5.74, 6) is -0.266. The van der Waals surface area contributed by atoms with E-state index in [1.807, 2.05) is 0 Å². The lowest BCUT2D eigenvalue weighted by Gasteiger charge is -2.22. The molecule has 1 saturated heterocycles. The first-order valence-corrected chi connectivity index (χ1v) is 12.3. The van der Waals surface area contributed by atoms with Crippen LogP contribution in [0.2, 0.25) is 0 Å². The Kier molecular flexibility index (Phi) is 15.6. The monoisotopic (exact) mass is 411 g/mol. The molecule has 0 saturated carbocycles. The second-order valence-corrected chi connectivity index (χ2v) is 8.38. The number of hydrogen-bond donors (Lipinski definition) is 0. The summed E-state index contributed by atoms with van der Waals surface area (Å²) in [5.41, 5.74) is 0. The molecule has 1 amide bonds. The molecule has 1 fully saturated rings. The lowest BCUT2D eigenvalue weighted by atomic mass is 10.1. The fraction of sp³-hybridized carbons (Fsp3) is 0.917. The fourth-order valence-corrected chi connectivity index (χ4v) is 3.83. The molecule has 1 aliphatic rings. The maximum Gasteiger partial charge on any atom is 0.410 e. The summed E-state index contributed by atoms with van der Waals surface area (Å²) in [6.07, 6.45) is 18.4. The first-order chi connectivity index (χ1) is 14.2. The maximum absolute atomic E-state index is 12.3. The minimum absolute atomic E-state index is 0.266. The number of likely N-dealkylation sites (tertiary alicyclic amines) is 1. The van der Waals surface area contributed by atoms with Crippen LogP contribution in [0.1, 0.15) is 117 Å². The van der Waals surface area contributed by atoms with Crippen LogP contribution in [-0.4, -0.2) is 42.8 Å². The Morgan fingerprint density at radius 1 is 0.724 bits per heavy atom. The Morgan fingerprint density at radius 2 is 1.24 bits per heavy atom. The van der Waals surface area contributed by atoms with Crippen molar-refractivity contribution < 1.29 is 19.1 Å². The van der Waals surface area contributed by atoms with E-state index in [1.165, 1.54) is 64.2 Å². The molecule has 1 heterocycles. The normalized spacial score (nSPS) is 16.2. The summed E-state index contributed by atoms with van der Waals surface area (Å²) in [4.78, 5) is 26.0. The van der Waals surface area contributed by atoms with Gasteiger partial charge in [-0.2, -0.15) is 0 Å². The van der Waals surface area contributed by atoms with Crippen LogP contribution in [0.25, 0.3) is 0 Å². The third-order valence-electron chi connectivity index (χ3n) is 5.73. The van der Waals surface area contributed by atoms with Gasteiger partial charge in [0, 0.05) is 6.54 Å². The zero-order chi connectivity index (χ0) is 21.2. The third kappa shape index (κ3) is 12.1. The number of hydrogen-bond acceptors (Lipinski definition) is 4. The van der Waals surface area contributed by atoms with E-state index in [0.717, 1.165) is 32.1 Å². The zero-order valence-electron chi connectivity index (χ0n) is 19.1. The maximum atomic E-state index is 12.3. The second-order valence-electron chi connectivity index (χ2n) is 8.38. The highest BCUT2D eigenvalue weighted by Crippen LogP contribution is 2.20. The number of unbranched alkanes of at least 4 members (excludes halogenated alkanes) is 12. The summed E-state index contributed by atoms with van der Waals surface area (Å²) in [7, 11) is 0. The Bertz CT molecular complexity index is 427. The van der Waals surface area contributed by atoms with Gasteiger partial charge in [-0.25, -0.2) is 9.59 Å². The van der Waals surface area contributed by atoms with E-state index >= 15 is 0 Å². The molecular formula is C24H45NO4. The molecule has 0 aliphatic carbocycles. The first-order valence-electron chi connectivity index (χ1n) is 12.3. The van der Waals surface area contributed by atoms with Gasteiger partial charge in [0.25, 0.3) is 0 Å². The molecule has 0 spiro atoms. The van der Waals surface area contributed by atoms with Gasteiger partial charge in [0.05, 0.1) is 13.2 Å². The minimum atomic E-state index is -0.457. The molecule has 5 nitrogen and oxygen atoms in total. The molecule has 5 heteroatoms. The summed E-state index contributed by atoms with van der Waals surface area (Å²) in [6, 6.07) is -0.457. The molecule has 0 unspecified atom stereocenters. The molecule has 0 N–H and O–H groups in total. The Balaban J connectivity index is 1.99. The topological polar surface area (TPSA) is 55.8 Å². The summed E-state index contributed by atoms with van der Waals surface area (Å²) < 4.78 is 10.7. The van der Waals surface area contributed by atoms with Crippen molar-refractivity contribution in [2.45, 2.75) is 123 Å². The van der Waals surface area contributed by atoms with Gasteiger partial charge in [-0.15, -0.1) is 0 Å². The van der Waals surface area contributed by atoms with Gasteiger partial charge in [-0.3, -0.25) is 4.90 Å². The molecule has 1 rings (SSSR count). The van der Waals surface area contributed by atoms with Gasteiger partial charge >= 0.3 is 12.1 Å². The van der Waals surface area contributed by atoms with Crippen molar-refractivity contribution in [2.75, 3.05) is 19.8 Å². The molecule has 29 heavy (non-hydrogen) atoms. The Hall–Kier alpha value is -1.26. The van der Waals surface area contributed by atoms with Crippen molar-refractivity contribution in [1.82, 2.24) is 4.90 Å². The van der Waals surface area contributed by atoms with E-state index in [1.54, 1.807) is 4.90 Å². The number of carbonyl (C=O) groups is 2. The number of rotatable bonds is 17. The number of carbonyl (C=O) groups excluding carboxylic acids is 2. The van der Waals surface area contributed by atoms with Crippen molar-refractivity contribution in [3.8, 4) is 0 Å². The minimum Gasteiger partial charge on any atom is -0.464 e. The van der Waals surface area contributed by atoms with Crippen LogP contribution in [0.3, 0.4) is 0 Å². The van der Waals surface area contributed by atoms with E-state index in [9.17, 15) is 9.59 Å². The molecular weight excluding hydrogens is 366 g/mol. The number of amides is 1. The molecule has 170 valence electrons. The molecule has 1 atom stereocenters. The van der Waals surface area contributed by atoms with Crippen molar-refractivity contribution in [3.05, 3.63) is 0 Å². The van der Waals surface area contributed by atoms with E-state index in [-0.39, 0.29) is 12.1 Å². The second kappa shape index (κ2) is 17.6. The fourth-order valence-electron chi connectivity index (χ4n) is 3.83. The van der Waals surface area contributed by atoms with Crippen LogP contribution in [0.4, 0.5) is 4.79 Å². The quantitative estimate of drug-likeness (QED) is 0.199. The SMILES string of the molecule is CCCCCCCCCCCCCCOC(=O)[C@@H]1CCCN1C(=O)OCCCC. The van der Waals surface area contributed by atoms with Crippen LogP contribution >= 0.6 is 0 Å². The smallest absolute Gasteiger partial charge is 0.410 e.